The molecular formula is C19H22F2N6O2. The molecule has 2 aromatic heterocycles. The van der Waals surface area contributed by atoms with Gasteiger partial charge < -0.3 is 15.0 Å². The number of amides is 1. The van der Waals surface area contributed by atoms with Crippen molar-refractivity contribution < 1.29 is 19.7 Å². The number of hydrogen-bond donors (Lipinski definition) is 1. The second-order valence-corrected chi connectivity index (χ2v) is 6.91. The van der Waals surface area contributed by atoms with E-state index in [0.29, 0.717) is 36.5 Å². The molecule has 1 saturated heterocycles. The van der Waals surface area contributed by atoms with Crippen LogP contribution in [0.5, 0.6) is 0 Å². The third-order valence-electron chi connectivity index (χ3n) is 4.96. The van der Waals surface area contributed by atoms with Crippen molar-refractivity contribution in [3.05, 3.63) is 54.4 Å². The maximum Gasteiger partial charge on any atom is 0.410 e. The van der Waals surface area contributed by atoms with Gasteiger partial charge in [-0.05, 0) is 24.1 Å². The van der Waals surface area contributed by atoms with Crippen LogP contribution in [0.25, 0.3) is 5.65 Å². The van der Waals surface area contributed by atoms with Gasteiger partial charge in [-0.2, -0.15) is 0 Å². The van der Waals surface area contributed by atoms with E-state index in [-0.39, 0.29) is 26.3 Å². The summed E-state index contributed by atoms with van der Waals surface area (Å²) >= 11 is 0. The zero-order chi connectivity index (χ0) is 20.2. The molecular weight excluding hydrogens is 382 g/mol. The van der Waals surface area contributed by atoms with E-state index in [1.165, 1.54) is 17.0 Å². The number of anilines is 1. The molecule has 154 valence electrons. The number of hydrogen-bond acceptors (Lipinski definition) is 6. The molecule has 3 aromatic rings. The molecule has 3 heterocycles. The summed E-state index contributed by atoms with van der Waals surface area (Å²) in [6.07, 6.45) is 3.65. The molecule has 4 rings (SSSR count). The predicted molar refractivity (Wildman–Crippen MR) is 103 cm³/mol. The van der Waals surface area contributed by atoms with Gasteiger partial charge in [-0.3, -0.25) is 4.40 Å². The number of halogens is 2. The quantitative estimate of drug-likeness (QED) is 0.704. The van der Waals surface area contributed by atoms with Crippen molar-refractivity contribution in [1.29, 1.82) is 0 Å². The summed E-state index contributed by atoms with van der Waals surface area (Å²) in [7, 11) is 0. The maximum atomic E-state index is 14.6. The Balaban J connectivity index is 0.00000256. The van der Waals surface area contributed by atoms with Gasteiger partial charge in [0.2, 0.25) is 5.65 Å². The largest absolute Gasteiger partial charge is 0.445 e. The second kappa shape index (κ2) is 8.38. The lowest BCUT2D eigenvalue weighted by Crippen LogP contribution is -2.46. The van der Waals surface area contributed by atoms with Crippen LogP contribution >= 0.6 is 0 Å². The van der Waals surface area contributed by atoms with Gasteiger partial charge in [0, 0.05) is 32.8 Å². The van der Waals surface area contributed by atoms with Crippen molar-refractivity contribution in [2.45, 2.75) is 19.2 Å². The normalized spacial score (nSPS) is 19.3. The van der Waals surface area contributed by atoms with E-state index < -0.39 is 12.3 Å². The molecule has 1 aliphatic heterocycles. The zero-order valence-corrected chi connectivity index (χ0v) is 15.5. The lowest BCUT2D eigenvalue weighted by molar-refractivity contribution is 0.0544. The molecule has 0 unspecified atom stereocenters. The Morgan fingerprint density at radius 1 is 1.34 bits per heavy atom. The average Bonchev–Trinajstić information content (AvgIpc) is 3.22. The van der Waals surface area contributed by atoms with E-state index in [1.807, 2.05) is 0 Å². The van der Waals surface area contributed by atoms with Crippen LogP contribution in [0.3, 0.4) is 0 Å². The second-order valence-electron chi connectivity index (χ2n) is 6.91. The molecule has 1 amide bonds. The summed E-state index contributed by atoms with van der Waals surface area (Å²) in [6, 6.07) is 5.69. The van der Waals surface area contributed by atoms with Gasteiger partial charge in [0.1, 0.15) is 24.9 Å². The molecule has 0 spiro atoms. The number of likely N-dealkylation sites (tertiary alicyclic amines) is 1. The maximum absolute atomic E-state index is 14.6. The molecule has 2 atom stereocenters. The minimum Gasteiger partial charge on any atom is -0.445 e. The van der Waals surface area contributed by atoms with Crippen LogP contribution in [0.15, 0.2) is 43.0 Å². The Hall–Kier alpha value is -3.30. The molecule has 1 fully saturated rings. The number of nitrogens with one attached hydrogen (secondary N) is 1. The fourth-order valence-electron chi connectivity index (χ4n) is 3.28. The Kier molecular flexibility index (Phi) is 5.50. The average molecular weight is 404 g/mol. The number of benzene rings is 1. The summed E-state index contributed by atoms with van der Waals surface area (Å²) in [5, 5.41) is 10.9. The Bertz CT molecular complexity index is 987. The first-order valence-electron chi connectivity index (χ1n) is 9.28. The van der Waals surface area contributed by atoms with Crippen molar-refractivity contribution >= 4 is 17.6 Å². The van der Waals surface area contributed by atoms with Gasteiger partial charge >= 0.3 is 6.09 Å². The molecule has 10 heteroatoms. The smallest absolute Gasteiger partial charge is 0.410 e. The zero-order valence-electron chi connectivity index (χ0n) is 15.5. The minimum absolute atomic E-state index is 0. The number of rotatable bonds is 5. The first kappa shape index (κ1) is 19.0. The molecule has 8 nitrogen and oxygen atoms in total. The number of alkyl halides is 1. The predicted octanol–water partition coefficient (Wildman–Crippen LogP) is 2.92. The minimum atomic E-state index is -1.19. The Morgan fingerprint density at radius 2 is 2.17 bits per heavy atom. The van der Waals surface area contributed by atoms with Crippen LogP contribution in [-0.4, -0.2) is 56.4 Å². The summed E-state index contributed by atoms with van der Waals surface area (Å²) in [4.78, 5) is 17.8. The summed E-state index contributed by atoms with van der Waals surface area (Å²) in [5.41, 5.74) is 1.25. The highest BCUT2D eigenvalue weighted by Gasteiger charge is 2.32. The highest BCUT2D eigenvalue weighted by atomic mass is 19.1. The molecule has 29 heavy (non-hydrogen) atoms. The van der Waals surface area contributed by atoms with Crippen LogP contribution in [0.4, 0.5) is 19.4 Å². The number of carbonyl (C=O) groups is 1. The van der Waals surface area contributed by atoms with Crippen LogP contribution in [-0.2, 0) is 11.3 Å². The molecule has 1 aromatic carbocycles. The number of ether oxygens (including phenoxy) is 1. The molecule has 0 saturated carbocycles. The molecule has 1 aliphatic rings. The van der Waals surface area contributed by atoms with E-state index in [9.17, 15) is 13.6 Å². The van der Waals surface area contributed by atoms with E-state index in [2.05, 4.69) is 20.5 Å². The highest BCUT2D eigenvalue weighted by molar-refractivity contribution is 5.68. The summed E-state index contributed by atoms with van der Waals surface area (Å²) in [5.74, 6) is -0.0778. The highest BCUT2D eigenvalue weighted by Crippen LogP contribution is 2.22. The Labute approximate surface area is 167 Å². The summed E-state index contributed by atoms with van der Waals surface area (Å²) in [6.45, 7) is 0.763. The lowest BCUT2D eigenvalue weighted by Gasteiger charge is -2.34. The van der Waals surface area contributed by atoms with Gasteiger partial charge in [-0.25, -0.2) is 18.6 Å². The lowest BCUT2D eigenvalue weighted by atomic mass is 9.95. The molecule has 1 N–H and O–H groups in total. The third-order valence-corrected chi connectivity index (χ3v) is 4.96. The van der Waals surface area contributed by atoms with Gasteiger partial charge in [-0.15, -0.1) is 10.2 Å². The van der Waals surface area contributed by atoms with Crippen LogP contribution in [0.2, 0.25) is 0 Å². The van der Waals surface area contributed by atoms with Crippen molar-refractivity contribution in [2.75, 3.05) is 25.0 Å². The number of carbonyl (C=O) groups excluding carboxylic acids is 1. The fraction of sp³-hybridized carbons (Fsp3) is 0.368. The van der Waals surface area contributed by atoms with E-state index >= 15 is 0 Å². The van der Waals surface area contributed by atoms with Gasteiger partial charge in [0.25, 0.3) is 0 Å². The summed E-state index contributed by atoms with van der Waals surface area (Å²) < 4.78 is 34.5. The SMILES string of the molecule is O=C(OCc1ccc(F)cc1)N1CC[C@H](CNc2nccn3cnnc23)[C@H](F)C1.[HH]. The fourth-order valence-corrected chi connectivity index (χ4v) is 3.28. The van der Waals surface area contributed by atoms with Crippen LogP contribution < -0.4 is 5.32 Å². The topological polar surface area (TPSA) is 84.7 Å². The number of aromatic nitrogens is 4. The number of piperidine rings is 1. The van der Waals surface area contributed by atoms with Crippen molar-refractivity contribution in [3.63, 3.8) is 0 Å². The molecule has 0 aliphatic carbocycles. The van der Waals surface area contributed by atoms with E-state index in [0.717, 1.165) is 0 Å². The standard InChI is InChI=1S/C19H20F2N6O2.H2/c20-15-3-1-13(2-4-15)11-29-19(28)26-7-5-14(16(21)10-26)9-23-17-18-25-24-12-27(18)8-6-22-17;/h1-4,6,8,12,14,16H,5,7,9-11H2,(H,22,23);1H/t14-,16-;/m1./s1. The van der Waals surface area contributed by atoms with Crippen molar-refractivity contribution in [1.82, 2.24) is 24.5 Å². The number of nitrogens with zero attached hydrogens (tertiary/aromatic N) is 5. The molecule has 0 radical (unpaired) electrons. The van der Waals surface area contributed by atoms with Gasteiger partial charge in [0.05, 0.1) is 6.54 Å². The van der Waals surface area contributed by atoms with Crippen LogP contribution in [0, 0.1) is 11.7 Å². The first-order valence-corrected chi connectivity index (χ1v) is 9.28. The van der Waals surface area contributed by atoms with Crippen molar-refractivity contribution in [3.8, 4) is 0 Å². The van der Waals surface area contributed by atoms with E-state index in [1.54, 1.807) is 35.3 Å². The van der Waals surface area contributed by atoms with Crippen molar-refractivity contribution in [2.24, 2.45) is 5.92 Å². The van der Waals surface area contributed by atoms with Gasteiger partial charge in [0.15, 0.2) is 5.82 Å². The Morgan fingerprint density at radius 3 is 2.97 bits per heavy atom. The van der Waals surface area contributed by atoms with Gasteiger partial charge in [-0.1, -0.05) is 12.1 Å². The number of fused-ring (bicyclic) bond motifs is 1. The third kappa shape index (κ3) is 4.41. The van der Waals surface area contributed by atoms with Crippen LogP contribution in [0.1, 0.15) is 13.4 Å². The molecule has 0 bridgehead atoms. The monoisotopic (exact) mass is 404 g/mol. The van der Waals surface area contributed by atoms with E-state index in [4.69, 9.17) is 4.74 Å². The first-order chi connectivity index (χ1) is 14.1.